The maximum atomic E-state index is 12.9. The first-order chi connectivity index (χ1) is 15.0. The van der Waals surface area contributed by atoms with Gasteiger partial charge >= 0.3 is 12.0 Å². The molecule has 2 aromatic heterocycles. The largest absolute Gasteiger partial charge is 0.463 e. The van der Waals surface area contributed by atoms with Crippen LogP contribution in [0.1, 0.15) is 29.7 Å². The summed E-state index contributed by atoms with van der Waals surface area (Å²) in [4.78, 5) is 37.3. The number of fused-ring (bicyclic) bond motifs is 1. The lowest BCUT2D eigenvalue weighted by molar-refractivity contribution is -0.139. The van der Waals surface area contributed by atoms with E-state index in [1.165, 1.54) is 11.8 Å². The molecule has 1 aliphatic heterocycles. The Morgan fingerprint density at radius 1 is 1.26 bits per heavy atom. The second kappa shape index (κ2) is 8.81. The number of nitrogens with one attached hydrogen (secondary N) is 3. The van der Waals surface area contributed by atoms with E-state index in [1.54, 1.807) is 13.1 Å². The van der Waals surface area contributed by atoms with Gasteiger partial charge in [0.15, 0.2) is 10.8 Å². The van der Waals surface area contributed by atoms with Gasteiger partial charge in [0.2, 0.25) is 0 Å². The molecule has 0 saturated carbocycles. The minimum absolute atomic E-state index is 0.242. The Balaban J connectivity index is 1.71. The standard InChI is InChI=1S/C22H23N5O3S/c1-4-30-20(28)17-16(11-31-22-25-15-6-5-9-23-19(15)27-22)24-21(29)26-18(17)14-10-12(2)7-8-13(14)3/h5-10,18H,4,11H2,1-3H3,(H,23,25,27)(H2,24,26,29). The van der Waals surface area contributed by atoms with Crippen LogP contribution in [0, 0.1) is 13.8 Å². The third-order valence-corrected chi connectivity index (χ3v) is 5.88. The summed E-state index contributed by atoms with van der Waals surface area (Å²) in [5, 5.41) is 6.34. The van der Waals surface area contributed by atoms with Crippen LogP contribution >= 0.6 is 11.8 Å². The maximum Gasteiger partial charge on any atom is 0.338 e. The molecule has 0 aliphatic carbocycles. The zero-order valence-corrected chi connectivity index (χ0v) is 18.3. The molecule has 3 aromatic rings. The number of thioether (sulfide) groups is 1. The Hall–Kier alpha value is -3.33. The molecule has 0 spiro atoms. The number of benzene rings is 1. The number of hydrogen-bond donors (Lipinski definition) is 3. The van der Waals surface area contributed by atoms with Crippen LogP contribution in [0.4, 0.5) is 4.79 Å². The Labute approximate surface area is 183 Å². The Morgan fingerprint density at radius 3 is 2.87 bits per heavy atom. The average molecular weight is 438 g/mol. The third-order valence-electron chi connectivity index (χ3n) is 4.98. The van der Waals surface area contributed by atoms with Gasteiger partial charge in [-0.15, -0.1) is 0 Å². The number of pyridine rings is 1. The summed E-state index contributed by atoms with van der Waals surface area (Å²) in [6, 6.07) is 8.74. The Kier molecular flexibility index (Phi) is 5.94. The summed E-state index contributed by atoms with van der Waals surface area (Å²) in [5.41, 5.74) is 5.24. The van der Waals surface area contributed by atoms with Crippen LogP contribution < -0.4 is 10.6 Å². The topological polar surface area (TPSA) is 109 Å². The molecule has 0 fully saturated rings. The van der Waals surface area contributed by atoms with Crippen molar-refractivity contribution in [2.45, 2.75) is 32.0 Å². The van der Waals surface area contributed by atoms with E-state index in [2.05, 4.69) is 25.6 Å². The minimum Gasteiger partial charge on any atom is -0.463 e. The Bertz CT molecular complexity index is 1150. The van der Waals surface area contributed by atoms with Gasteiger partial charge in [0.25, 0.3) is 0 Å². The molecule has 0 saturated heterocycles. The van der Waals surface area contributed by atoms with E-state index in [1.807, 2.05) is 44.2 Å². The zero-order chi connectivity index (χ0) is 22.0. The van der Waals surface area contributed by atoms with Gasteiger partial charge in [0, 0.05) is 17.6 Å². The van der Waals surface area contributed by atoms with Crippen LogP contribution in [0.15, 0.2) is 53.0 Å². The number of amides is 2. The lowest BCUT2D eigenvalue weighted by Gasteiger charge is -2.30. The smallest absolute Gasteiger partial charge is 0.338 e. The third kappa shape index (κ3) is 4.41. The molecule has 4 rings (SSSR count). The van der Waals surface area contributed by atoms with E-state index in [0.717, 1.165) is 22.2 Å². The summed E-state index contributed by atoms with van der Waals surface area (Å²) in [7, 11) is 0. The van der Waals surface area contributed by atoms with Crippen LogP contribution in [0.25, 0.3) is 11.2 Å². The molecule has 3 heterocycles. The first-order valence-electron chi connectivity index (χ1n) is 9.94. The number of esters is 1. The number of aromatic nitrogens is 3. The van der Waals surface area contributed by atoms with E-state index in [0.29, 0.717) is 27.8 Å². The van der Waals surface area contributed by atoms with Crippen LogP contribution in [-0.4, -0.2) is 39.3 Å². The molecule has 1 aromatic carbocycles. The van der Waals surface area contributed by atoms with E-state index in [4.69, 9.17) is 4.74 Å². The minimum atomic E-state index is -0.597. The highest BCUT2D eigenvalue weighted by atomic mass is 32.2. The number of carbonyl (C=O) groups is 2. The zero-order valence-electron chi connectivity index (χ0n) is 17.5. The van der Waals surface area contributed by atoms with Gasteiger partial charge < -0.3 is 20.4 Å². The van der Waals surface area contributed by atoms with E-state index < -0.39 is 12.0 Å². The number of nitrogens with zero attached hydrogens (tertiary/aromatic N) is 2. The molecular formula is C22H23N5O3S. The molecule has 0 radical (unpaired) electrons. The fourth-order valence-electron chi connectivity index (χ4n) is 3.52. The van der Waals surface area contributed by atoms with Crippen molar-refractivity contribution in [3.8, 4) is 0 Å². The quantitative estimate of drug-likeness (QED) is 0.402. The van der Waals surface area contributed by atoms with Crippen molar-refractivity contribution in [1.82, 2.24) is 25.6 Å². The summed E-state index contributed by atoms with van der Waals surface area (Å²) in [5.74, 6) is -0.120. The summed E-state index contributed by atoms with van der Waals surface area (Å²) in [6.45, 7) is 5.94. The van der Waals surface area contributed by atoms with Crippen molar-refractivity contribution < 1.29 is 14.3 Å². The number of carbonyl (C=O) groups excluding carboxylic acids is 2. The molecule has 1 atom stereocenters. The first-order valence-corrected chi connectivity index (χ1v) is 10.9. The molecule has 9 heteroatoms. The SMILES string of the molecule is CCOC(=O)C1=C(CSc2nc3ncccc3[nH]2)NC(=O)NC1c1cc(C)ccc1C. The lowest BCUT2D eigenvalue weighted by Crippen LogP contribution is -2.46. The fraction of sp³-hybridized carbons (Fsp3) is 0.273. The van der Waals surface area contributed by atoms with Crippen LogP contribution in [-0.2, 0) is 9.53 Å². The number of imidazole rings is 1. The molecular weight excluding hydrogens is 414 g/mol. The molecule has 0 bridgehead atoms. The number of aromatic amines is 1. The molecule has 8 nitrogen and oxygen atoms in total. The normalized spacial score (nSPS) is 16.2. The summed E-state index contributed by atoms with van der Waals surface area (Å²) >= 11 is 1.38. The van der Waals surface area contributed by atoms with Crippen molar-refractivity contribution in [1.29, 1.82) is 0 Å². The number of hydrogen-bond acceptors (Lipinski definition) is 6. The summed E-state index contributed by atoms with van der Waals surface area (Å²) < 4.78 is 5.34. The van der Waals surface area contributed by atoms with Crippen molar-refractivity contribution in [2.75, 3.05) is 12.4 Å². The highest BCUT2D eigenvalue weighted by Gasteiger charge is 2.34. The number of ether oxygens (including phenoxy) is 1. The van der Waals surface area contributed by atoms with Gasteiger partial charge in [-0.3, -0.25) is 0 Å². The van der Waals surface area contributed by atoms with Gasteiger partial charge in [0.05, 0.1) is 23.7 Å². The first kappa shape index (κ1) is 20.9. The molecule has 2 amide bonds. The second-order valence-electron chi connectivity index (χ2n) is 7.21. The van der Waals surface area contributed by atoms with Crippen LogP contribution in [0.5, 0.6) is 0 Å². The maximum absolute atomic E-state index is 12.9. The summed E-state index contributed by atoms with van der Waals surface area (Å²) in [6.07, 6.45) is 1.68. The number of aryl methyl sites for hydroxylation is 2. The predicted molar refractivity (Wildman–Crippen MR) is 119 cm³/mol. The van der Waals surface area contributed by atoms with Crippen LogP contribution in [0.3, 0.4) is 0 Å². The number of H-pyrrole nitrogens is 1. The monoisotopic (exact) mass is 437 g/mol. The van der Waals surface area contributed by atoms with Crippen molar-refractivity contribution in [3.05, 3.63) is 64.5 Å². The number of rotatable bonds is 6. The molecule has 160 valence electrons. The van der Waals surface area contributed by atoms with Crippen molar-refractivity contribution in [3.63, 3.8) is 0 Å². The van der Waals surface area contributed by atoms with Crippen molar-refractivity contribution >= 4 is 34.9 Å². The van der Waals surface area contributed by atoms with Gasteiger partial charge in [-0.2, -0.15) is 0 Å². The van der Waals surface area contributed by atoms with E-state index in [9.17, 15) is 9.59 Å². The average Bonchev–Trinajstić information content (AvgIpc) is 3.16. The van der Waals surface area contributed by atoms with Crippen LogP contribution in [0.2, 0.25) is 0 Å². The lowest BCUT2D eigenvalue weighted by atomic mass is 9.91. The second-order valence-corrected chi connectivity index (χ2v) is 8.17. The molecule has 1 unspecified atom stereocenters. The molecule has 1 aliphatic rings. The van der Waals surface area contributed by atoms with E-state index in [-0.39, 0.29) is 12.6 Å². The van der Waals surface area contributed by atoms with E-state index >= 15 is 0 Å². The number of urea groups is 1. The van der Waals surface area contributed by atoms with Gasteiger partial charge in [-0.25, -0.2) is 19.6 Å². The Morgan fingerprint density at radius 2 is 2.10 bits per heavy atom. The van der Waals surface area contributed by atoms with Gasteiger partial charge in [-0.05, 0) is 44.0 Å². The molecule has 3 N–H and O–H groups in total. The van der Waals surface area contributed by atoms with Gasteiger partial charge in [0.1, 0.15) is 0 Å². The fourth-order valence-corrected chi connectivity index (χ4v) is 4.36. The molecule has 31 heavy (non-hydrogen) atoms. The van der Waals surface area contributed by atoms with Crippen molar-refractivity contribution in [2.24, 2.45) is 0 Å². The predicted octanol–water partition coefficient (Wildman–Crippen LogP) is 3.54. The highest BCUT2D eigenvalue weighted by molar-refractivity contribution is 7.99. The highest BCUT2D eigenvalue weighted by Crippen LogP contribution is 2.32. The van der Waals surface area contributed by atoms with Gasteiger partial charge in [-0.1, -0.05) is 35.5 Å².